The molecule has 0 spiro atoms. The smallest absolute Gasteiger partial charge is 0.305 e. The van der Waals surface area contributed by atoms with Crippen LogP contribution in [0.25, 0.3) is 0 Å². The van der Waals surface area contributed by atoms with Gasteiger partial charge in [0.25, 0.3) is 0 Å². The summed E-state index contributed by atoms with van der Waals surface area (Å²) in [5.41, 5.74) is -0.636. The number of hydrogen-bond donors (Lipinski definition) is 2. The molecule has 0 aliphatic heterocycles. The molecule has 0 radical (unpaired) electrons. The lowest BCUT2D eigenvalue weighted by atomic mass is 10.2. The van der Waals surface area contributed by atoms with E-state index in [-0.39, 0.29) is 29.1 Å². The van der Waals surface area contributed by atoms with Gasteiger partial charge in [0, 0.05) is 12.1 Å². The van der Waals surface area contributed by atoms with Gasteiger partial charge in [-0.05, 0) is 25.8 Å². The molecule has 1 unspecified atom stereocenters. The fraction of sp³-hybridized carbons (Fsp3) is 0.417. The van der Waals surface area contributed by atoms with Crippen molar-refractivity contribution in [3.05, 3.63) is 27.9 Å². The second-order valence-electron chi connectivity index (χ2n) is 4.58. The van der Waals surface area contributed by atoms with Gasteiger partial charge >= 0.3 is 5.69 Å². The Kier molecular flexibility index (Phi) is 3.79. The number of rotatable bonds is 5. The van der Waals surface area contributed by atoms with Crippen molar-refractivity contribution in [1.82, 2.24) is 10.3 Å². The molecule has 8 nitrogen and oxygen atoms in total. The Hall–Kier alpha value is -2.69. The topological polar surface area (TPSA) is 121 Å². The first-order valence-electron chi connectivity index (χ1n) is 6.13. The van der Waals surface area contributed by atoms with Crippen molar-refractivity contribution < 1.29 is 9.72 Å². The van der Waals surface area contributed by atoms with Crippen LogP contribution in [0.5, 0.6) is 0 Å². The van der Waals surface area contributed by atoms with Crippen LogP contribution in [-0.2, 0) is 4.79 Å². The number of hydrogen-bond acceptors (Lipinski definition) is 6. The lowest BCUT2D eigenvalue weighted by Crippen LogP contribution is -2.38. The van der Waals surface area contributed by atoms with E-state index in [0.29, 0.717) is 0 Å². The molecule has 8 heteroatoms. The van der Waals surface area contributed by atoms with Crippen molar-refractivity contribution in [2.24, 2.45) is 0 Å². The third-order valence-electron chi connectivity index (χ3n) is 2.86. The minimum Gasteiger partial charge on any atom is -0.359 e. The fourth-order valence-corrected chi connectivity index (χ4v) is 1.60. The van der Waals surface area contributed by atoms with Crippen LogP contribution in [0.2, 0.25) is 0 Å². The number of anilines is 1. The largest absolute Gasteiger partial charge is 0.359 e. The lowest BCUT2D eigenvalue weighted by molar-refractivity contribution is -0.385. The van der Waals surface area contributed by atoms with Crippen LogP contribution in [0.15, 0.2) is 12.1 Å². The molecule has 1 aromatic heterocycles. The van der Waals surface area contributed by atoms with Crippen LogP contribution in [0.3, 0.4) is 0 Å². The minimum absolute atomic E-state index is 0.161. The Labute approximate surface area is 115 Å². The van der Waals surface area contributed by atoms with Crippen LogP contribution in [0.1, 0.15) is 25.5 Å². The molecule has 1 aromatic rings. The van der Waals surface area contributed by atoms with Crippen molar-refractivity contribution in [3.8, 4) is 6.07 Å². The van der Waals surface area contributed by atoms with Gasteiger partial charge in [0.1, 0.15) is 17.9 Å². The van der Waals surface area contributed by atoms with E-state index < -0.39 is 11.0 Å². The molecule has 1 fully saturated rings. The number of pyridine rings is 1. The molecule has 1 saturated carbocycles. The van der Waals surface area contributed by atoms with E-state index in [1.807, 2.05) is 0 Å². The molecule has 2 N–H and O–H groups in total. The summed E-state index contributed by atoms with van der Waals surface area (Å²) in [6.45, 7) is 1.66. The van der Waals surface area contributed by atoms with Crippen molar-refractivity contribution in [1.29, 1.82) is 5.26 Å². The molecule has 1 aliphatic carbocycles. The molecule has 20 heavy (non-hydrogen) atoms. The summed E-state index contributed by atoms with van der Waals surface area (Å²) in [5, 5.41) is 25.2. The molecule has 2 rings (SSSR count). The highest BCUT2D eigenvalue weighted by atomic mass is 16.6. The van der Waals surface area contributed by atoms with E-state index >= 15 is 0 Å². The zero-order valence-corrected chi connectivity index (χ0v) is 10.8. The zero-order chi connectivity index (χ0) is 14.7. The first kappa shape index (κ1) is 13.7. The van der Waals surface area contributed by atoms with Gasteiger partial charge in [-0.3, -0.25) is 14.9 Å². The number of carbonyl (C=O) groups is 1. The van der Waals surface area contributed by atoms with Gasteiger partial charge in [-0.2, -0.15) is 5.26 Å². The molecule has 1 aliphatic rings. The second-order valence-corrected chi connectivity index (χ2v) is 4.58. The number of nitrogens with zero attached hydrogens (tertiary/aromatic N) is 3. The summed E-state index contributed by atoms with van der Waals surface area (Å²) < 4.78 is 0. The van der Waals surface area contributed by atoms with Gasteiger partial charge in [0.2, 0.25) is 11.6 Å². The predicted molar refractivity (Wildman–Crippen MR) is 69.9 cm³/mol. The number of aromatic nitrogens is 1. The molecule has 0 bridgehead atoms. The monoisotopic (exact) mass is 275 g/mol. The van der Waals surface area contributed by atoms with Crippen LogP contribution in [0, 0.1) is 21.4 Å². The average molecular weight is 275 g/mol. The maximum absolute atomic E-state index is 11.8. The van der Waals surface area contributed by atoms with Crippen LogP contribution >= 0.6 is 0 Å². The highest BCUT2D eigenvalue weighted by molar-refractivity contribution is 5.84. The summed E-state index contributed by atoms with van der Waals surface area (Å²) in [6, 6.07) is 3.96. The Morgan fingerprint density at radius 2 is 2.30 bits per heavy atom. The van der Waals surface area contributed by atoms with Crippen molar-refractivity contribution in [2.45, 2.75) is 31.8 Å². The molecule has 1 amide bonds. The van der Waals surface area contributed by atoms with Gasteiger partial charge in [0.05, 0.1) is 4.92 Å². The first-order chi connectivity index (χ1) is 9.51. The van der Waals surface area contributed by atoms with Crippen LogP contribution in [-0.4, -0.2) is 27.9 Å². The number of nitriles is 1. The fourth-order valence-electron chi connectivity index (χ4n) is 1.60. The van der Waals surface area contributed by atoms with Crippen molar-refractivity contribution in [3.63, 3.8) is 0 Å². The summed E-state index contributed by atoms with van der Waals surface area (Å²) in [5.74, 6) is 0.0942. The standard InChI is InChI=1S/C12H13N5O3/c1-7(12(18)15-8-2-3-8)14-11-5-4-10(17(19)20)9(6-13)16-11/h4-5,7-8H,2-3H2,1H3,(H,14,16)(H,15,18). The molecule has 0 saturated heterocycles. The van der Waals surface area contributed by atoms with E-state index in [4.69, 9.17) is 5.26 Å². The normalized spacial score (nSPS) is 15.0. The maximum atomic E-state index is 11.8. The van der Waals surface area contributed by atoms with E-state index in [1.165, 1.54) is 12.1 Å². The molecular formula is C12H13N5O3. The molecular weight excluding hydrogens is 262 g/mol. The SMILES string of the molecule is CC(Nc1ccc([N+](=O)[O-])c(C#N)n1)C(=O)NC1CC1. The van der Waals surface area contributed by atoms with E-state index in [9.17, 15) is 14.9 Å². The third-order valence-corrected chi connectivity index (χ3v) is 2.86. The van der Waals surface area contributed by atoms with Crippen molar-refractivity contribution >= 4 is 17.4 Å². The molecule has 1 atom stereocenters. The third kappa shape index (κ3) is 3.20. The van der Waals surface area contributed by atoms with E-state index in [1.54, 1.807) is 13.0 Å². The summed E-state index contributed by atoms with van der Waals surface area (Å²) >= 11 is 0. The number of amides is 1. The average Bonchev–Trinajstić information content (AvgIpc) is 3.22. The molecule has 1 heterocycles. The highest BCUT2D eigenvalue weighted by Crippen LogP contribution is 2.20. The summed E-state index contributed by atoms with van der Waals surface area (Å²) in [4.78, 5) is 25.6. The number of nitrogens with one attached hydrogen (secondary N) is 2. The highest BCUT2D eigenvalue weighted by Gasteiger charge is 2.26. The predicted octanol–water partition coefficient (Wildman–Crippen LogP) is 0.940. The zero-order valence-electron chi connectivity index (χ0n) is 10.8. The van der Waals surface area contributed by atoms with Gasteiger partial charge in [0.15, 0.2) is 0 Å². The number of carbonyl (C=O) groups excluding carboxylic acids is 1. The quantitative estimate of drug-likeness (QED) is 0.609. The first-order valence-corrected chi connectivity index (χ1v) is 6.13. The Bertz CT molecular complexity index is 591. The van der Waals surface area contributed by atoms with Gasteiger partial charge in [-0.25, -0.2) is 4.98 Å². The Morgan fingerprint density at radius 3 is 2.85 bits per heavy atom. The van der Waals surface area contributed by atoms with Crippen molar-refractivity contribution in [2.75, 3.05) is 5.32 Å². The van der Waals surface area contributed by atoms with Crippen LogP contribution in [0.4, 0.5) is 11.5 Å². The summed E-state index contributed by atoms with van der Waals surface area (Å²) in [7, 11) is 0. The van der Waals surface area contributed by atoms with Gasteiger partial charge < -0.3 is 10.6 Å². The molecule has 0 aromatic carbocycles. The number of nitro groups is 1. The summed E-state index contributed by atoms with van der Waals surface area (Å²) in [6.07, 6.45) is 1.99. The molecule has 104 valence electrons. The van der Waals surface area contributed by atoms with E-state index in [2.05, 4.69) is 15.6 Å². The Morgan fingerprint density at radius 1 is 1.60 bits per heavy atom. The van der Waals surface area contributed by atoms with Gasteiger partial charge in [-0.1, -0.05) is 0 Å². The van der Waals surface area contributed by atoms with E-state index in [0.717, 1.165) is 12.8 Å². The van der Waals surface area contributed by atoms with Gasteiger partial charge in [-0.15, -0.1) is 0 Å². The second kappa shape index (κ2) is 5.52. The Balaban J connectivity index is 2.07. The lowest BCUT2D eigenvalue weighted by Gasteiger charge is -2.14. The maximum Gasteiger partial charge on any atom is 0.305 e. The van der Waals surface area contributed by atoms with Crippen LogP contribution < -0.4 is 10.6 Å². The minimum atomic E-state index is -0.668.